The molecule has 0 spiro atoms. The van der Waals surface area contributed by atoms with Gasteiger partial charge in [0.05, 0.1) is 18.0 Å². The van der Waals surface area contributed by atoms with Gasteiger partial charge in [-0.25, -0.2) is 8.42 Å². The van der Waals surface area contributed by atoms with E-state index in [2.05, 4.69) is 0 Å². The van der Waals surface area contributed by atoms with Crippen LogP contribution in [0.2, 0.25) is 0 Å². The molecular formula is C18H21NO3S. The molecule has 1 aliphatic heterocycles. The van der Waals surface area contributed by atoms with Crippen molar-refractivity contribution >= 4 is 10.0 Å². The van der Waals surface area contributed by atoms with E-state index >= 15 is 0 Å². The molecule has 0 bridgehead atoms. The third-order valence-electron chi connectivity index (χ3n) is 4.33. The van der Waals surface area contributed by atoms with Crippen molar-refractivity contribution in [2.45, 2.75) is 30.7 Å². The Morgan fingerprint density at radius 3 is 2.30 bits per heavy atom. The molecule has 0 amide bonds. The van der Waals surface area contributed by atoms with Crippen LogP contribution in [0.15, 0.2) is 53.4 Å². The monoisotopic (exact) mass is 331 g/mol. The molecule has 0 N–H and O–H groups in total. The van der Waals surface area contributed by atoms with Crippen LogP contribution in [0.5, 0.6) is 5.75 Å². The Kier molecular flexibility index (Phi) is 4.41. The summed E-state index contributed by atoms with van der Waals surface area (Å²) in [6.07, 6.45) is 1.74. The van der Waals surface area contributed by atoms with Crippen LogP contribution in [0, 0.1) is 6.92 Å². The Hall–Kier alpha value is -1.85. The lowest BCUT2D eigenvalue weighted by molar-refractivity contribution is 0.396. The standard InChI is InChI=1S/C18H21NO3S/c1-14-5-7-15(8-6-14)18-4-3-13-19(18)23(20,21)17-11-9-16(22-2)10-12-17/h5-12,18H,3-4,13H2,1-2H3/t18-/m0/s1. The molecule has 122 valence electrons. The lowest BCUT2D eigenvalue weighted by Gasteiger charge is -2.24. The minimum absolute atomic E-state index is 0.0808. The van der Waals surface area contributed by atoms with Gasteiger partial charge in [-0.1, -0.05) is 29.8 Å². The first-order valence-corrected chi connectivity index (χ1v) is 9.19. The molecule has 0 radical (unpaired) electrons. The Balaban J connectivity index is 1.92. The molecule has 1 fully saturated rings. The molecule has 23 heavy (non-hydrogen) atoms. The lowest BCUT2D eigenvalue weighted by atomic mass is 10.0. The molecule has 1 aliphatic rings. The van der Waals surface area contributed by atoms with Crippen LogP contribution in [0.25, 0.3) is 0 Å². The molecule has 2 aromatic carbocycles. The van der Waals surface area contributed by atoms with Gasteiger partial charge in [0, 0.05) is 6.54 Å². The van der Waals surface area contributed by atoms with Crippen molar-refractivity contribution in [3.63, 3.8) is 0 Å². The van der Waals surface area contributed by atoms with Gasteiger partial charge in [-0.3, -0.25) is 0 Å². The van der Waals surface area contributed by atoms with Gasteiger partial charge in [0.1, 0.15) is 5.75 Å². The summed E-state index contributed by atoms with van der Waals surface area (Å²) in [5.41, 5.74) is 2.24. The quantitative estimate of drug-likeness (QED) is 0.861. The minimum atomic E-state index is -3.49. The molecule has 2 aromatic rings. The molecule has 3 rings (SSSR count). The third kappa shape index (κ3) is 3.12. The van der Waals surface area contributed by atoms with Gasteiger partial charge in [0.25, 0.3) is 0 Å². The summed E-state index contributed by atoms with van der Waals surface area (Å²) in [5, 5.41) is 0. The van der Waals surface area contributed by atoms with Gasteiger partial charge in [0.15, 0.2) is 0 Å². The Bertz CT molecular complexity index is 767. The van der Waals surface area contributed by atoms with Gasteiger partial charge in [-0.05, 0) is 49.6 Å². The number of hydrogen-bond acceptors (Lipinski definition) is 3. The summed E-state index contributed by atoms with van der Waals surface area (Å²) in [6.45, 7) is 2.59. The van der Waals surface area contributed by atoms with E-state index in [4.69, 9.17) is 4.74 Å². The normalized spacial score (nSPS) is 19.0. The molecule has 0 saturated carbocycles. The smallest absolute Gasteiger partial charge is 0.243 e. The summed E-state index contributed by atoms with van der Waals surface area (Å²) >= 11 is 0. The topological polar surface area (TPSA) is 46.6 Å². The molecule has 1 atom stereocenters. The molecule has 1 saturated heterocycles. The summed E-state index contributed by atoms with van der Waals surface area (Å²) in [4.78, 5) is 0.317. The molecule has 0 aromatic heterocycles. The highest BCUT2D eigenvalue weighted by molar-refractivity contribution is 7.89. The molecular weight excluding hydrogens is 310 g/mol. The van der Waals surface area contributed by atoms with Crippen molar-refractivity contribution in [1.82, 2.24) is 4.31 Å². The zero-order valence-corrected chi connectivity index (χ0v) is 14.2. The van der Waals surface area contributed by atoms with Crippen LogP contribution in [-0.2, 0) is 10.0 Å². The van der Waals surface area contributed by atoms with Crippen molar-refractivity contribution in [2.24, 2.45) is 0 Å². The first kappa shape index (κ1) is 16.0. The number of hydrogen-bond donors (Lipinski definition) is 0. The van der Waals surface area contributed by atoms with Crippen LogP contribution in [0.3, 0.4) is 0 Å². The van der Waals surface area contributed by atoms with E-state index in [1.807, 2.05) is 31.2 Å². The number of sulfonamides is 1. The maximum atomic E-state index is 13.0. The average Bonchev–Trinajstić information content (AvgIpc) is 3.06. The van der Waals surface area contributed by atoms with Crippen molar-refractivity contribution in [3.05, 3.63) is 59.7 Å². The van der Waals surface area contributed by atoms with Gasteiger partial charge < -0.3 is 4.74 Å². The third-order valence-corrected chi connectivity index (χ3v) is 6.25. The summed E-state index contributed by atoms with van der Waals surface area (Å²) < 4.78 is 32.7. The lowest BCUT2D eigenvalue weighted by Crippen LogP contribution is -2.30. The molecule has 4 nitrogen and oxygen atoms in total. The number of aryl methyl sites for hydroxylation is 1. The van der Waals surface area contributed by atoms with Crippen LogP contribution in [0.1, 0.15) is 30.0 Å². The van der Waals surface area contributed by atoms with Crippen LogP contribution in [-0.4, -0.2) is 26.4 Å². The van der Waals surface area contributed by atoms with Crippen molar-refractivity contribution in [2.75, 3.05) is 13.7 Å². The molecule has 5 heteroatoms. The largest absolute Gasteiger partial charge is 0.497 e. The van der Waals surface area contributed by atoms with E-state index in [0.717, 1.165) is 18.4 Å². The van der Waals surface area contributed by atoms with Gasteiger partial charge in [0.2, 0.25) is 10.0 Å². The molecule has 0 aliphatic carbocycles. The SMILES string of the molecule is COc1ccc(S(=O)(=O)N2CCC[C@H]2c2ccc(C)cc2)cc1. The fourth-order valence-electron chi connectivity index (χ4n) is 3.03. The van der Waals surface area contributed by atoms with E-state index < -0.39 is 10.0 Å². The number of rotatable bonds is 4. The Morgan fingerprint density at radius 1 is 1.04 bits per heavy atom. The predicted octanol–water partition coefficient (Wildman–Crippen LogP) is 3.53. The fraction of sp³-hybridized carbons (Fsp3) is 0.333. The highest BCUT2D eigenvalue weighted by Crippen LogP contribution is 2.36. The van der Waals surface area contributed by atoms with E-state index in [9.17, 15) is 8.42 Å². The first-order valence-electron chi connectivity index (χ1n) is 7.75. The van der Waals surface area contributed by atoms with Crippen LogP contribution in [0.4, 0.5) is 0 Å². The van der Waals surface area contributed by atoms with E-state index in [-0.39, 0.29) is 6.04 Å². The summed E-state index contributed by atoms with van der Waals surface area (Å²) in [7, 11) is -1.93. The van der Waals surface area contributed by atoms with Gasteiger partial charge >= 0.3 is 0 Å². The van der Waals surface area contributed by atoms with Gasteiger partial charge in [-0.15, -0.1) is 0 Å². The van der Waals surface area contributed by atoms with Crippen molar-refractivity contribution < 1.29 is 13.2 Å². The number of nitrogens with zero attached hydrogens (tertiary/aromatic N) is 1. The van der Waals surface area contributed by atoms with Crippen LogP contribution >= 0.6 is 0 Å². The molecule has 1 heterocycles. The van der Waals surface area contributed by atoms with Crippen molar-refractivity contribution in [3.8, 4) is 5.75 Å². The minimum Gasteiger partial charge on any atom is -0.497 e. The van der Waals surface area contributed by atoms with E-state index in [0.29, 0.717) is 17.2 Å². The van der Waals surface area contributed by atoms with E-state index in [1.54, 1.807) is 35.7 Å². The maximum absolute atomic E-state index is 13.0. The second-order valence-electron chi connectivity index (χ2n) is 5.86. The maximum Gasteiger partial charge on any atom is 0.243 e. The highest BCUT2D eigenvalue weighted by atomic mass is 32.2. The van der Waals surface area contributed by atoms with Crippen molar-refractivity contribution in [1.29, 1.82) is 0 Å². The Labute approximate surface area is 137 Å². The fourth-order valence-corrected chi connectivity index (χ4v) is 4.72. The summed E-state index contributed by atoms with van der Waals surface area (Å²) in [5.74, 6) is 0.653. The van der Waals surface area contributed by atoms with Gasteiger partial charge in [-0.2, -0.15) is 4.31 Å². The second-order valence-corrected chi connectivity index (χ2v) is 7.75. The highest BCUT2D eigenvalue weighted by Gasteiger charge is 2.36. The first-order chi connectivity index (χ1) is 11.0. The zero-order chi connectivity index (χ0) is 16.4. The average molecular weight is 331 g/mol. The Morgan fingerprint density at radius 2 is 1.70 bits per heavy atom. The van der Waals surface area contributed by atoms with E-state index in [1.165, 1.54) is 5.56 Å². The summed E-state index contributed by atoms with van der Waals surface area (Å²) in [6, 6.07) is 14.6. The second kappa shape index (κ2) is 6.34. The number of ether oxygens (including phenoxy) is 1. The number of benzene rings is 2. The number of methoxy groups -OCH3 is 1. The molecule has 0 unspecified atom stereocenters. The predicted molar refractivity (Wildman–Crippen MR) is 90.0 cm³/mol. The van der Waals surface area contributed by atoms with Crippen LogP contribution < -0.4 is 4.74 Å². The zero-order valence-electron chi connectivity index (χ0n) is 13.4.